The number of carbonyl (C=O) groups excluding carboxylic acids is 2. The van der Waals surface area contributed by atoms with E-state index in [1.165, 1.54) is 0 Å². The van der Waals surface area contributed by atoms with Crippen LogP contribution in [0, 0.1) is 12.8 Å². The summed E-state index contributed by atoms with van der Waals surface area (Å²) in [6.45, 7) is 9.15. The molecular weight excluding hydrogens is 358 g/mol. The molecule has 0 unspecified atom stereocenters. The lowest BCUT2D eigenvalue weighted by Crippen LogP contribution is -2.47. The minimum absolute atomic E-state index is 0.0880. The molecule has 156 valence electrons. The Morgan fingerprint density at radius 1 is 1.29 bits per heavy atom. The van der Waals surface area contributed by atoms with Crippen molar-refractivity contribution in [3.8, 4) is 0 Å². The Balaban J connectivity index is 1.43. The number of carbonyl (C=O) groups is 2. The normalized spacial score (nSPS) is 21.1. The van der Waals surface area contributed by atoms with Gasteiger partial charge in [-0.1, -0.05) is 0 Å². The molecule has 0 aromatic carbocycles. The largest absolute Gasteiger partial charge is 0.379 e. The van der Waals surface area contributed by atoms with Gasteiger partial charge in [0.1, 0.15) is 5.82 Å². The molecule has 8 heteroatoms. The number of rotatable bonds is 8. The predicted molar refractivity (Wildman–Crippen MR) is 106 cm³/mol. The Morgan fingerprint density at radius 2 is 2.07 bits per heavy atom. The summed E-state index contributed by atoms with van der Waals surface area (Å²) in [5.74, 6) is 1.19. The molecule has 8 nitrogen and oxygen atoms in total. The van der Waals surface area contributed by atoms with Gasteiger partial charge < -0.3 is 19.1 Å². The Hall–Kier alpha value is -1.93. The second kappa shape index (κ2) is 10.0. The Bertz CT molecular complexity index is 656. The van der Waals surface area contributed by atoms with Gasteiger partial charge in [-0.3, -0.25) is 14.5 Å². The van der Waals surface area contributed by atoms with Crippen LogP contribution in [0.15, 0.2) is 12.4 Å². The van der Waals surface area contributed by atoms with E-state index in [0.717, 1.165) is 58.2 Å². The molecule has 1 aromatic heterocycles. The second-order valence-corrected chi connectivity index (χ2v) is 7.81. The van der Waals surface area contributed by atoms with E-state index in [2.05, 4.69) is 9.88 Å². The molecule has 2 saturated heterocycles. The molecule has 2 amide bonds. The highest BCUT2D eigenvalue weighted by atomic mass is 16.5. The number of hydrogen-bond donors (Lipinski definition) is 0. The molecule has 0 radical (unpaired) electrons. The van der Waals surface area contributed by atoms with Crippen LogP contribution in [0.4, 0.5) is 0 Å². The molecule has 1 aromatic rings. The van der Waals surface area contributed by atoms with Crippen LogP contribution in [0.2, 0.25) is 0 Å². The number of amides is 2. The number of likely N-dealkylation sites (N-methyl/N-ethyl adjacent to an activating group) is 1. The molecule has 28 heavy (non-hydrogen) atoms. The third-order valence-electron chi connectivity index (χ3n) is 5.83. The maximum Gasteiger partial charge on any atom is 0.227 e. The van der Waals surface area contributed by atoms with E-state index in [1.54, 1.807) is 11.1 Å². The summed E-state index contributed by atoms with van der Waals surface area (Å²) in [5, 5.41) is 0. The van der Waals surface area contributed by atoms with E-state index >= 15 is 0 Å². The highest BCUT2D eigenvalue weighted by Gasteiger charge is 2.31. The van der Waals surface area contributed by atoms with Crippen LogP contribution in [0.3, 0.4) is 0 Å². The molecule has 0 aliphatic carbocycles. The van der Waals surface area contributed by atoms with E-state index in [0.29, 0.717) is 25.9 Å². The number of aromatic nitrogens is 2. The molecule has 3 rings (SSSR count). The lowest BCUT2D eigenvalue weighted by atomic mass is 9.96. The van der Waals surface area contributed by atoms with Gasteiger partial charge in [-0.15, -0.1) is 0 Å². The number of hydrogen-bond acceptors (Lipinski definition) is 5. The molecule has 1 atom stereocenters. The molecule has 0 saturated carbocycles. The molecule has 2 fully saturated rings. The van der Waals surface area contributed by atoms with E-state index in [-0.39, 0.29) is 17.7 Å². The zero-order valence-electron chi connectivity index (χ0n) is 17.2. The first-order valence-electron chi connectivity index (χ1n) is 10.3. The van der Waals surface area contributed by atoms with Gasteiger partial charge in [0.2, 0.25) is 11.8 Å². The van der Waals surface area contributed by atoms with Crippen molar-refractivity contribution in [2.75, 3.05) is 59.5 Å². The monoisotopic (exact) mass is 391 g/mol. The molecule has 0 spiro atoms. The fraction of sp³-hybridized carbons (Fsp3) is 0.750. The lowest BCUT2D eigenvalue weighted by molar-refractivity contribution is -0.142. The fourth-order valence-electron chi connectivity index (χ4n) is 3.96. The highest BCUT2D eigenvalue weighted by Crippen LogP contribution is 2.20. The summed E-state index contributed by atoms with van der Waals surface area (Å²) >= 11 is 0. The number of ether oxygens (including phenoxy) is 1. The van der Waals surface area contributed by atoms with Crippen LogP contribution in [0.1, 0.15) is 25.1 Å². The number of likely N-dealkylation sites (tertiary alicyclic amines) is 1. The van der Waals surface area contributed by atoms with E-state index in [1.807, 2.05) is 29.6 Å². The van der Waals surface area contributed by atoms with Gasteiger partial charge in [0.05, 0.1) is 19.1 Å². The lowest BCUT2D eigenvalue weighted by Gasteiger charge is -2.34. The van der Waals surface area contributed by atoms with Crippen LogP contribution in [0.25, 0.3) is 0 Å². The van der Waals surface area contributed by atoms with Crippen molar-refractivity contribution in [1.29, 1.82) is 0 Å². The van der Waals surface area contributed by atoms with Gasteiger partial charge in [0, 0.05) is 71.7 Å². The van der Waals surface area contributed by atoms with Crippen molar-refractivity contribution in [3.63, 3.8) is 0 Å². The zero-order chi connectivity index (χ0) is 19.9. The van der Waals surface area contributed by atoms with E-state index in [9.17, 15) is 9.59 Å². The topological polar surface area (TPSA) is 70.9 Å². The van der Waals surface area contributed by atoms with Crippen molar-refractivity contribution in [1.82, 2.24) is 24.3 Å². The SMILES string of the molecule is Cc1nccn1CCN(C)C(=O)[C@H]1CCC(=O)N(CCCN2CCOCC2)C1. The molecule has 2 aliphatic rings. The van der Waals surface area contributed by atoms with Crippen molar-refractivity contribution >= 4 is 11.8 Å². The maximum atomic E-state index is 12.9. The second-order valence-electron chi connectivity index (χ2n) is 7.81. The first-order chi connectivity index (χ1) is 13.5. The highest BCUT2D eigenvalue weighted by molar-refractivity contribution is 5.83. The minimum atomic E-state index is -0.0880. The quantitative estimate of drug-likeness (QED) is 0.649. The molecule has 0 bridgehead atoms. The summed E-state index contributed by atoms with van der Waals surface area (Å²) in [7, 11) is 1.85. The molecule has 2 aliphatic heterocycles. The molecule has 3 heterocycles. The number of aryl methyl sites for hydroxylation is 1. The maximum absolute atomic E-state index is 12.9. The van der Waals surface area contributed by atoms with Crippen LogP contribution in [-0.4, -0.2) is 95.6 Å². The first-order valence-corrected chi connectivity index (χ1v) is 10.3. The third kappa shape index (κ3) is 5.54. The fourth-order valence-corrected chi connectivity index (χ4v) is 3.96. The minimum Gasteiger partial charge on any atom is -0.379 e. The van der Waals surface area contributed by atoms with Crippen molar-refractivity contribution < 1.29 is 14.3 Å². The third-order valence-corrected chi connectivity index (χ3v) is 5.83. The van der Waals surface area contributed by atoms with Gasteiger partial charge in [0.15, 0.2) is 0 Å². The zero-order valence-corrected chi connectivity index (χ0v) is 17.2. The van der Waals surface area contributed by atoms with Crippen molar-refractivity contribution in [3.05, 3.63) is 18.2 Å². The summed E-state index contributed by atoms with van der Waals surface area (Å²) in [5.41, 5.74) is 0. The molecular formula is C20H33N5O3. The number of imidazole rings is 1. The number of morpholine rings is 1. The Kier molecular flexibility index (Phi) is 7.44. The van der Waals surface area contributed by atoms with Crippen molar-refractivity contribution in [2.24, 2.45) is 5.92 Å². The van der Waals surface area contributed by atoms with Gasteiger partial charge in [0.25, 0.3) is 0 Å². The summed E-state index contributed by atoms with van der Waals surface area (Å²) in [4.78, 5) is 35.4. The number of piperidine rings is 1. The molecule has 0 N–H and O–H groups in total. The van der Waals surface area contributed by atoms with E-state index < -0.39 is 0 Å². The average molecular weight is 392 g/mol. The van der Waals surface area contributed by atoms with Crippen LogP contribution < -0.4 is 0 Å². The van der Waals surface area contributed by atoms with Crippen LogP contribution in [-0.2, 0) is 20.9 Å². The van der Waals surface area contributed by atoms with Gasteiger partial charge >= 0.3 is 0 Å². The van der Waals surface area contributed by atoms with Crippen molar-refractivity contribution in [2.45, 2.75) is 32.7 Å². The Labute approximate surface area is 167 Å². The Morgan fingerprint density at radius 3 is 2.79 bits per heavy atom. The van der Waals surface area contributed by atoms with Crippen LogP contribution in [0.5, 0.6) is 0 Å². The van der Waals surface area contributed by atoms with Crippen LogP contribution >= 0.6 is 0 Å². The van der Waals surface area contributed by atoms with E-state index in [4.69, 9.17) is 4.74 Å². The summed E-state index contributed by atoms with van der Waals surface area (Å²) < 4.78 is 7.42. The number of nitrogens with zero attached hydrogens (tertiary/aromatic N) is 5. The van der Waals surface area contributed by atoms with Gasteiger partial charge in [-0.2, -0.15) is 0 Å². The average Bonchev–Trinajstić information content (AvgIpc) is 3.12. The summed E-state index contributed by atoms with van der Waals surface area (Å²) in [6.07, 6.45) is 5.79. The van der Waals surface area contributed by atoms with Gasteiger partial charge in [-0.25, -0.2) is 4.98 Å². The standard InChI is InChI=1S/C20H33N5O3/c1-17-21-6-9-24(17)11-10-22(2)20(27)18-4-5-19(26)25(16-18)8-3-7-23-12-14-28-15-13-23/h6,9,18H,3-5,7-8,10-16H2,1-2H3/t18-/m0/s1. The smallest absolute Gasteiger partial charge is 0.227 e. The predicted octanol–water partition coefficient (Wildman–Crippen LogP) is 0.611. The first kappa shape index (κ1) is 20.8. The van der Waals surface area contributed by atoms with Gasteiger partial charge in [-0.05, 0) is 19.8 Å². The summed E-state index contributed by atoms with van der Waals surface area (Å²) in [6, 6.07) is 0.